The van der Waals surface area contributed by atoms with E-state index in [0.29, 0.717) is 31.7 Å². The molecule has 0 fully saturated rings. The van der Waals surface area contributed by atoms with Crippen LogP contribution in [0.25, 0.3) is 0 Å². The molecule has 1 aliphatic heterocycles. The molecule has 8 nitrogen and oxygen atoms in total. The molecule has 10 heteroatoms. The molecular formula is C33H40Cl2N6O2. The first-order chi connectivity index (χ1) is 19.7. The number of aryl methyl sites for hydroxylation is 6. The Kier molecular flexibility index (Phi) is 11.0. The summed E-state index contributed by atoms with van der Waals surface area (Å²) in [7, 11) is 0. The van der Waals surface area contributed by atoms with E-state index < -0.39 is 6.04 Å². The highest BCUT2D eigenvalue weighted by Gasteiger charge is 2.31. The van der Waals surface area contributed by atoms with E-state index in [4.69, 9.17) is 5.73 Å². The minimum Gasteiger partial charge on any atom is -0.384 e. The number of halogens is 2. The molecule has 3 heterocycles. The minimum absolute atomic E-state index is 0. The van der Waals surface area contributed by atoms with E-state index in [1.165, 1.54) is 33.4 Å². The number of carbonyl (C=O) groups excluding carboxylic acids is 1. The maximum atomic E-state index is 13.7. The first-order valence-electron chi connectivity index (χ1n) is 14.1. The van der Waals surface area contributed by atoms with Crippen LogP contribution in [-0.2, 0) is 17.8 Å². The highest BCUT2D eigenvalue weighted by molar-refractivity contribution is 5.85. The van der Waals surface area contributed by atoms with Crippen LogP contribution in [0.5, 0.6) is 0 Å². The molecule has 228 valence electrons. The topological polar surface area (TPSA) is 115 Å². The van der Waals surface area contributed by atoms with Crippen LogP contribution >= 0.6 is 24.8 Å². The Morgan fingerprint density at radius 3 is 2.09 bits per heavy atom. The van der Waals surface area contributed by atoms with E-state index >= 15 is 0 Å². The molecule has 0 spiro atoms. The Balaban J connectivity index is 0.00000253. The summed E-state index contributed by atoms with van der Waals surface area (Å²) in [6, 6.07) is 15.7. The standard InChI is InChI=1S/C33H38N6O2.2ClH/c1-19-8-6-9-20(2)29(19)26(30-21(3)10-7-11-22(30)4)18-36-31-33(41)39-25(17-35-31)13-14-27(39)32(40)37-16-24-12-15-28(34)38-23(24)5;;/h6-12,15,17,26-27H,13-14,16,18H2,1-5H3,(H2,34,38)(H,35,36)(H,37,40);2*1H/t27-;;/m0../s1. The number of hydrogen-bond acceptors (Lipinski definition) is 6. The van der Waals surface area contributed by atoms with E-state index in [1.54, 1.807) is 16.8 Å². The second-order valence-corrected chi connectivity index (χ2v) is 11.1. The molecule has 4 N–H and O–H groups in total. The summed E-state index contributed by atoms with van der Waals surface area (Å²) < 4.78 is 1.60. The number of nitrogen functional groups attached to an aromatic ring is 1. The molecule has 0 aliphatic carbocycles. The van der Waals surface area contributed by atoms with Gasteiger partial charge >= 0.3 is 0 Å². The zero-order chi connectivity index (χ0) is 29.3. The summed E-state index contributed by atoms with van der Waals surface area (Å²) in [6.07, 6.45) is 2.90. The zero-order valence-electron chi connectivity index (χ0n) is 25.2. The Morgan fingerprint density at radius 1 is 0.953 bits per heavy atom. The van der Waals surface area contributed by atoms with Crippen LogP contribution < -0.4 is 21.9 Å². The van der Waals surface area contributed by atoms with Crippen LogP contribution in [0.3, 0.4) is 0 Å². The predicted molar refractivity (Wildman–Crippen MR) is 178 cm³/mol. The van der Waals surface area contributed by atoms with Gasteiger partial charge in [0.2, 0.25) is 5.91 Å². The lowest BCUT2D eigenvalue weighted by atomic mass is 9.81. The van der Waals surface area contributed by atoms with Crippen molar-refractivity contribution in [3.63, 3.8) is 0 Å². The lowest BCUT2D eigenvalue weighted by Gasteiger charge is -2.26. The van der Waals surface area contributed by atoms with Gasteiger partial charge in [0.1, 0.15) is 11.9 Å². The van der Waals surface area contributed by atoms with Gasteiger partial charge in [0.05, 0.1) is 0 Å². The summed E-state index contributed by atoms with van der Waals surface area (Å²) >= 11 is 0. The summed E-state index contributed by atoms with van der Waals surface area (Å²) in [5.41, 5.74) is 15.3. The number of nitrogens with zero attached hydrogens (tertiary/aromatic N) is 3. The fraction of sp³-hybridized carbons (Fsp3) is 0.333. The normalized spacial score (nSPS) is 13.6. The molecular weight excluding hydrogens is 583 g/mol. The van der Waals surface area contributed by atoms with Gasteiger partial charge in [-0.1, -0.05) is 42.5 Å². The van der Waals surface area contributed by atoms with Crippen molar-refractivity contribution in [2.45, 2.75) is 66.0 Å². The molecule has 1 atom stereocenters. The number of nitrogens with one attached hydrogen (secondary N) is 2. The molecule has 4 aromatic rings. The summed E-state index contributed by atoms with van der Waals surface area (Å²) in [5, 5.41) is 6.37. The van der Waals surface area contributed by atoms with Crippen LogP contribution in [-0.4, -0.2) is 27.0 Å². The first kappa shape index (κ1) is 33.6. The van der Waals surface area contributed by atoms with Crippen molar-refractivity contribution in [1.82, 2.24) is 19.9 Å². The van der Waals surface area contributed by atoms with Crippen LogP contribution in [0.2, 0.25) is 0 Å². The molecule has 1 amide bonds. The minimum atomic E-state index is -0.587. The van der Waals surface area contributed by atoms with E-state index in [0.717, 1.165) is 17.0 Å². The summed E-state index contributed by atoms with van der Waals surface area (Å²) in [4.78, 5) is 35.8. The van der Waals surface area contributed by atoms with Crippen LogP contribution in [0.15, 0.2) is 59.5 Å². The van der Waals surface area contributed by atoms with Gasteiger partial charge in [-0.15, -0.1) is 24.8 Å². The van der Waals surface area contributed by atoms with Crippen LogP contribution in [0.1, 0.15) is 68.7 Å². The van der Waals surface area contributed by atoms with E-state index in [-0.39, 0.29) is 48.0 Å². The Hall–Kier alpha value is -3.88. The smallest absolute Gasteiger partial charge is 0.294 e. The van der Waals surface area contributed by atoms with Crippen molar-refractivity contribution in [2.75, 3.05) is 17.6 Å². The fourth-order valence-corrected chi connectivity index (χ4v) is 6.21. The monoisotopic (exact) mass is 622 g/mol. The molecule has 2 aromatic heterocycles. The molecule has 0 radical (unpaired) electrons. The first-order valence-corrected chi connectivity index (χ1v) is 14.1. The maximum Gasteiger partial charge on any atom is 0.294 e. The fourth-order valence-electron chi connectivity index (χ4n) is 6.21. The van der Waals surface area contributed by atoms with Crippen molar-refractivity contribution in [3.8, 4) is 0 Å². The molecule has 5 rings (SSSR count). The van der Waals surface area contributed by atoms with Gasteiger partial charge in [-0.25, -0.2) is 9.97 Å². The Bertz CT molecular complexity index is 1590. The highest BCUT2D eigenvalue weighted by atomic mass is 35.5. The number of anilines is 2. The molecule has 0 saturated heterocycles. The Labute approximate surface area is 265 Å². The molecule has 43 heavy (non-hydrogen) atoms. The molecule has 0 saturated carbocycles. The second-order valence-electron chi connectivity index (χ2n) is 11.1. The van der Waals surface area contributed by atoms with Crippen molar-refractivity contribution in [3.05, 3.63) is 115 Å². The summed E-state index contributed by atoms with van der Waals surface area (Å²) in [6.45, 7) is 11.2. The van der Waals surface area contributed by atoms with Crippen molar-refractivity contribution >= 4 is 42.4 Å². The number of fused-ring (bicyclic) bond motifs is 1. The van der Waals surface area contributed by atoms with Gasteiger partial charge in [0.15, 0.2) is 5.82 Å². The third-order valence-electron chi connectivity index (χ3n) is 8.29. The largest absolute Gasteiger partial charge is 0.384 e. The predicted octanol–water partition coefficient (Wildman–Crippen LogP) is 5.65. The van der Waals surface area contributed by atoms with Gasteiger partial charge in [-0.2, -0.15) is 0 Å². The van der Waals surface area contributed by atoms with Crippen molar-refractivity contribution in [1.29, 1.82) is 0 Å². The van der Waals surface area contributed by atoms with E-state index in [2.05, 4.69) is 84.7 Å². The molecule has 1 aliphatic rings. The van der Waals surface area contributed by atoms with Gasteiger partial charge < -0.3 is 16.4 Å². The lowest BCUT2D eigenvalue weighted by molar-refractivity contribution is -0.124. The number of pyridine rings is 1. The van der Waals surface area contributed by atoms with E-state index in [1.807, 2.05) is 13.0 Å². The number of rotatable bonds is 8. The molecule has 0 bridgehead atoms. The maximum absolute atomic E-state index is 13.7. The SMILES string of the molecule is Cc1cccc(C)c1C(CNc1ncc2n(c1=O)[C@H](C(=O)NCc1ccc(N)nc1C)CC2)c1c(C)cccc1C.Cl.Cl. The van der Waals surface area contributed by atoms with Crippen LogP contribution in [0.4, 0.5) is 11.6 Å². The number of nitrogens with two attached hydrogens (primary N) is 1. The third-order valence-corrected chi connectivity index (χ3v) is 8.29. The lowest BCUT2D eigenvalue weighted by Crippen LogP contribution is -2.36. The van der Waals surface area contributed by atoms with Gasteiger partial charge in [-0.3, -0.25) is 14.2 Å². The number of hydrogen-bond donors (Lipinski definition) is 3. The quantitative estimate of drug-likeness (QED) is 0.234. The highest BCUT2D eigenvalue weighted by Crippen LogP contribution is 2.34. The number of benzene rings is 2. The van der Waals surface area contributed by atoms with Crippen LogP contribution in [0, 0.1) is 34.6 Å². The molecule has 2 aromatic carbocycles. The van der Waals surface area contributed by atoms with Crippen molar-refractivity contribution < 1.29 is 4.79 Å². The van der Waals surface area contributed by atoms with Gasteiger partial charge in [-0.05, 0) is 92.5 Å². The summed E-state index contributed by atoms with van der Waals surface area (Å²) in [5.74, 6) is 0.532. The zero-order valence-corrected chi connectivity index (χ0v) is 26.9. The average molecular weight is 624 g/mol. The number of aromatic nitrogens is 3. The third kappa shape index (κ3) is 6.86. The number of amides is 1. The van der Waals surface area contributed by atoms with Crippen molar-refractivity contribution in [2.24, 2.45) is 0 Å². The Morgan fingerprint density at radius 2 is 1.53 bits per heavy atom. The van der Waals surface area contributed by atoms with Gasteiger partial charge in [0.25, 0.3) is 5.56 Å². The van der Waals surface area contributed by atoms with E-state index in [9.17, 15) is 9.59 Å². The average Bonchev–Trinajstić information content (AvgIpc) is 3.36. The molecule has 0 unspecified atom stereocenters. The second kappa shape index (κ2) is 14.1. The van der Waals surface area contributed by atoms with Gasteiger partial charge in [0, 0.05) is 36.6 Å². The number of carbonyl (C=O) groups is 1.